The third-order valence-corrected chi connectivity index (χ3v) is 2.55. The van der Waals surface area contributed by atoms with Crippen LogP contribution in [0.1, 0.15) is 0 Å². The molecule has 4 heteroatoms. The van der Waals surface area contributed by atoms with E-state index in [9.17, 15) is 8.42 Å². The molecule has 2 rings (SSSR count). The quantitative estimate of drug-likeness (QED) is 0.489. The Hall–Kier alpha value is 0.286. The Morgan fingerprint density at radius 1 is 0.857 bits per heavy atom. The monoisotopic (exact) mass is 230 g/mol. The van der Waals surface area contributed by atoms with E-state index in [1.165, 1.54) is 0 Å². The van der Waals surface area contributed by atoms with Crippen molar-refractivity contribution in [1.82, 2.24) is 0 Å². The summed E-state index contributed by atoms with van der Waals surface area (Å²) in [5.74, 6) is 0. The van der Waals surface area contributed by atoms with Crippen molar-refractivity contribution in [3.63, 3.8) is 0 Å². The summed E-state index contributed by atoms with van der Waals surface area (Å²) in [7, 11) is -2.13. The Labute approximate surface area is 127 Å². The van der Waals surface area contributed by atoms with Crippen LogP contribution < -0.4 is 51.4 Å². The summed E-state index contributed by atoms with van der Waals surface area (Å²) in [4.78, 5) is 0.332. The molecule has 2 aromatic carbocycles. The molecule has 0 bridgehead atoms. The van der Waals surface area contributed by atoms with E-state index in [1.54, 1.807) is 18.2 Å². The van der Waals surface area contributed by atoms with Crippen LogP contribution in [0.3, 0.4) is 0 Å². The van der Waals surface area contributed by atoms with Gasteiger partial charge in [0.05, 0.1) is 0 Å². The molecule has 0 radical (unpaired) electrons. The molecule has 0 saturated carbocycles. The molecular weight excluding hydrogens is 223 g/mol. The van der Waals surface area contributed by atoms with Crippen LogP contribution in [-0.4, -0.2) is 0 Å². The van der Waals surface area contributed by atoms with Crippen molar-refractivity contribution in [2.75, 3.05) is 0 Å². The Morgan fingerprint density at radius 3 is 2.14 bits per heavy atom. The molecular formula is C10H7KO2S. The maximum atomic E-state index is 10.6. The molecule has 0 amide bonds. The SMILES string of the molecule is O=[S-](=O)c1ccc2ccccc2c1.[K+]. The summed E-state index contributed by atoms with van der Waals surface area (Å²) in [5.41, 5.74) is 0. The molecule has 0 aliphatic rings. The van der Waals surface area contributed by atoms with E-state index in [1.807, 2.05) is 24.3 Å². The molecule has 0 aliphatic carbocycles. The number of benzene rings is 2. The first-order valence-electron chi connectivity index (χ1n) is 3.85. The summed E-state index contributed by atoms with van der Waals surface area (Å²) in [6.45, 7) is 0. The van der Waals surface area contributed by atoms with E-state index >= 15 is 0 Å². The third kappa shape index (κ3) is 2.65. The molecule has 0 spiro atoms. The van der Waals surface area contributed by atoms with Gasteiger partial charge in [0.1, 0.15) is 0 Å². The van der Waals surface area contributed by atoms with Crippen molar-refractivity contribution >= 4 is 21.5 Å². The van der Waals surface area contributed by atoms with E-state index in [2.05, 4.69) is 0 Å². The van der Waals surface area contributed by atoms with Crippen molar-refractivity contribution in [2.45, 2.75) is 4.90 Å². The summed E-state index contributed by atoms with van der Waals surface area (Å²) in [6.07, 6.45) is 0. The second-order valence-corrected chi connectivity index (χ2v) is 3.68. The average molecular weight is 230 g/mol. The van der Waals surface area contributed by atoms with Crippen LogP contribution in [0, 0.1) is 0 Å². The molecule has 0 heterocycles. The van der Waals surface area contributed by atoms with Crippen molar-refractivity contribution in [3.8, 4) is 0 Å². The maximum Gasteiger partial charge on any atom is 1.00 e. The van der Waals surface area contributed by atoms with Crippen LogP contribution in [-0.2, 0) is 19.1 Å². The van der Waals surface area contributed by atoms with Crippen LogP contribution in [0.25, 0.3) is 10.8 Å². The fraction of sp³-hybridized carbons (Fsp3) is 0. The Morgan fingerprint density at radius 2 is 1.50 bits per heavy atom. The van der Waals surface area contributed by atoms with E-state index in [0.29, 0.717) is 4.90 Å². The van der Waals surface area contributed by atoms with Gasteiger partial charge in [-0.25, -0.2) is 0 Å². The minimum Gasteiger partial charge on any atom is -0.420 e. The van der Waals surface area contributed by atoms with Gasteiger partial charge in [0.2, 0.25) is 0 Å². The molecule has 0 N–H and O–H groups in total. The zero-order valence-corrected chi connectivity index (χ0v) is 11.7. The second kappa shape index (κ2) is 5.39. The summed E-state index contributed by atoms with van der Waals surface area (Å²) in [5, 5.41) is 2.00. The van der Waals surface area contributed by atoms with E-state index < -0.39 is 10.7 Å². The zero-order valence-electron chi connectivity index (χ0n) is 7.77. The standard InChI is InChI=1S/C10H7O2S.K/c11-13(12)10-6-5-8-3-1-2-4-9(8)7-10;/h1-7H;/q-1;+1. The van der Waals surface area contributed by atoms with Gasteiger partial charge in [-0.3, -0.25) is 0 Å². The zero-order chi connectivity index (χ0) is 9.26. The van der Waals surface area contributed by atoms with E-state index in [0.717, 1.165) is 10.8 Å². The molecule has 0 unspecified atom stereocenters. The summed E-state index contributed by atoms with van der Waals surface area (Å²) in [6, 6.07) is 12.7. The smallest absolute Gasteiger partial charge is 0.420 e. The largest absolute Gasteiger partial charge is 1.00 e. The van der Waals surface area contributed by atoms with Gasteiger partial charge in [-0.1, -0.05) is 47.4 Å². The number of hydrogen-bond donors (Lipinski definition) is 0. The Kier molecular flexibility index (Phi) is 4.76. The van der Waals surface area contributed by atoms with Crippen LogP contribution >= 0.6 is 0 Å². The van der Waals surface area contributed by atoms with Crippen LogP contribution in [0.15, 0.2) is 47.4 Å². The first-order valence-corrected chi connectivity index (χ1v) is 4.93. The molecule has 66 valence electrons. The number of hydrogen-bond acceptors (Lipinski definition) is 3. The van der Waals surface area contributed by atoms with Gasteiger partial charge in [-0.05, 0) is 21.5 Å². The molecule has 0 saturated heterocycles. The van der Waals surface area contributed by atoms with Gasteiger partial charge in [-0.15, -0.1) is 0 Å². The van der Waals surface area contributed by atoms with Gasteiger partial charge in [0.25, 0.3) is 0 Å². The minimum atomic E-state index is -2.13. The molecule has 0 atom stereocenters. The van der Waals surface area contributed by atoms with E-state index in [4.69, 9.17) is 0 Å². The average Bonchev–Trinajstić information content (AvgIpc) is 2.17. The normalized spacial score (nSPS) is 10.1. The predicted molar refractivity (Wildman–Crippen MR) is 51.0 cm³/mol. The fourth-order valence-electron chi connectivity index (χ4n) is 1.27. The molecule has 0 fully saturated rings. The summed E-state index contributed by atoms with van der Waals surface area (Å²) >= 11 is 0. The molecule has 0 aliphatic heterocycles. The van der Waals surface area contributed by atoms with Gasteiger partial charge >= 0.3 is 51.4 Å². The van der Waals surface area contributed by atoms with Gasteiger partial charge in [-0.2, -0.15) is 0 Å². The first-order chi connectivity index (χ1) is 6.27. The molecule has 2 nitrogen and oxygen atoms in total. The predicted octanol–water partition coefficient (Wildman–Crippen LogP) is -0.488. The van der Waals surface area contributed by atoms with Gasteiger partial charge < -0.3 is 8.42 Å². The third-order valence-electron chi connectivity index (χ3n) is 1.91. The topological polar surface area (TPSA) is 34.1 Å². The first kappa shape index (κ1) is 12.4. The van der Waals surface area contributed by atoms with Crippen LogP contribution in [0.4, 0.5) is 0 Å². The molecule has 2 aromatic rings. The van der Waals surface area contributed by atoms with Gasteiger partial charge in [0, 0.05) is 0 Å². The van der Waals surface area contributed by atoms with Crippen LogP contribution in [0.5, 0.6) is 0 Å². The Balaban J connectivity index is 0.000000980. The number of rotatable bonds is 1. The van der Waals surface area contributed by atoms with Gasteiger partial charge in [0.15, 0.2) is 0 Å². The summed E-state index contributed by atoms with van der Waals surface area (Å²) < 4.78 is 21.3. The second-order valence-electron chi connectivity index (χ2n) is 2.74. The minimum absolute atomic E-state index is 0. The van der Waals surface area contributed by atoms with E-state index in [-0.39, 0.29) is 51.4 Å². The maximum absolute atomic E-state index is 10.6. The van der Waals surface area contributed by atoms with Crippen LogP contribution in [0.2, 0.25) is 0 Å². The molecule has 0 aromatic heterocycles. The van der Waals surface area contributed by atoms with Crippen molar-refractivity contribution in [1.29, 1.82) is 0 Å². The fourth-order valence-corrected chi connectivity index (χ4v) is 1.67. The number of fused-ring (bicyclic) bond motifs is 1. The Bertz CT molecular complexity index is 512. The molecule has 14 heavy (non-hydrogen) atoms. The van der Waals surface area contributed by atoms with Crippen molar-refractivity contribution in [3.05, 3.63) is 42.5 Å². The van der Waals surface area contributed by atoms with Crippen molar-refractivity contribution in [2.24, 2.45) is 0 Å². The van der Waals surface area contributed by atoms with Crippen molar-refractivity contribution < 1.29 is 59.8 Å².